The molecule has 0 atom stereocenters. The molecule has 0 radical (unpaired) electrons. The first-order valence-electron chi connectivity index (χ1n) is 9.62. The predicted molar refractivity (Wildman–Crippen MR) is 127 cm³/mol. The second kappa shape index (κ2) is 10.8. The molecule has 1 aliphatic heterocycles. The smallest absolute Gasteiger partial charge is 0.191 e. The summed E-state index contributed by atoms with van der Waals surface area (Å²) in [4.78, 5) is 7.24. The number of likely N-dealkylation sites (tertiary alicyclic amines) is 1. The number of nitrogens with zero attached hydrogens (tertiary/aromatic N) is 2. The first kappa shape index (κ1) is 25.2. The Morgan fingerprint density at radius 2 is 1.82 bits per heavy atom. The minimum Gasteiger partial charge on any atom is -0.355 e. The van der Waals surface area contributed by atoms with E-state index in [0.29, 0.717) is 11.4 Å². The van der Waals surface area contributed by atoms with Crippen LogP contribution in [0.5, 0.6) is 0 Å². The lowest BCUT2D eigenvalue weighted by atomic mass is 9.98. The van der Waals surface area contributed by atoms with E-state index >= 15 is 0 Å². The fourth-order valence-electron chi connectivity index (χ4n) is 3.55. The van der Waals surface area contributed by atoms with Crippen LogP contribution in [0.4, 0.5) is 0 Å². The van der Waals surface area contributed by atoms with Crippen molar-refractivity contribution in [3.8, 4) is 0 Å². The summed E-state index contributed by atoms with van der Waals surface area (Å²) in [5, 5.41) is 6.75. The van der Waals surface area contributed by atoms with Crippen molar-refractivity contribution >= 4 is 39.8 Å². The van der Waals surface area contributed by atoms with Crippen LogP contribution < -0.4 is 10.6 Å². The molecule has 160 valence electrons. The number of guanidine groups is 1. The van der Waals surface area contributed by atoms with Crippen molar-refractivity contribution in [3.63, 3.8) is 0 Å². The summed E-state index contributed by atoms with van der Waals surface area (Å²) < 4.78 is 23.5. The third-order valence-electron chi connectivity index (χ3n) is 5.22. The van der Waals surface area contributed by atoms with Gasteiger partial charge in [-0.1, -0.05) is 18.6 Å². The monoisotopic (exact) mass is 522 g/mol. The van der Waals surface area contributed by atoms with Crippen LogP contribution in [-0.4, -0.2) is 57.8 Å². The molecular weight excluding hydrogens is 487 g/mol. The van der Waals surface area contributed by atoms with Crippen LogP contribution in [0.1, 0.15) is 44.2 Å². The molecule has 0 aliphatic carbocycles. The van der Waals surface area contributed by atoms with Crippen LogP contribution in [0.2, 0.25) is 0 Å². The molecule has 0 spiro atoms. The number of hydrogen-bond acceptors (Lipinski definition) is 4. The molecule has 0 amide bonds. The van der Waals surface area contributed by atoms with Gasteiger partial charge < -0.3 is 10.6 Å². The molecule has 0 unspecified atom stereocenters. The molecular formula is C20H35IN4O2S. The highest BCUT2D eigenvalue weighted by atomic mass is 127. The Morgan fingerprint density at radius 1 is 1.18 bits per heavy atom. The van der Waals surface area contributed by atoms with E-state index in [2.05, 4.69) is 34.4 Å². The van der Waals surface area contributed by atoms with Crippen molar-refractivity contribution < 1.29 is 8.42 Å². The highest BCUT2D eigenvalue weighted by molar-refractivity contribution is 14.0. The third kappa shape index (κ3) is 7.18. The highest BCUT2D eigenvalue weighted by Crippen LogP contribution is 2.20. The number of halogens is 1. The van der Waals surface area contributed by atoms with Gasteiger partial charge in [-0.3, -0.25) is 9.89 Å². The Balaban J connectivity index is 0.00000392. The summed E-state index contributed by atoms with van der Waals surface area (Å²) in [6, 6.07) is 5.44. The zero-order valence-electron chi connectivity index (χ0n) is 17.7. The average Bonchev–Trinajstić information content (AvgIpc) is 2.61. The molecule has 0 bridgehead atoms. The largest absolute Gasteiger partial charge is 0.355 e. The Bertz CT molecular complexity index is 772. The second-order valence-corrected chi connectivity index (χ2v) is 10.00. The van der Waals surface area contributed by atoms with Gasteiger partial charge in [0.2, 0.25) is 0 Å². The highest BCUT2D eigenvalue weighted by Gasteiger charge is 2.27. The first-order chi connectivity index (χ1) is 12.6. The fraction of sp³-hybridized carbons (Fsp3) is 0.650. The number of aliphatic imine (C=N–C) groups is 1. The minimum atomic E-state index is -3.18. The second-order valence-electron chi connectivity index (χ2n) is 8.01. The standard InChI is InChI=1S/C20H34N4O2S.HI/c1-16-13-17(9-10-18(16)27(5,25)26)14-22-19(21-4)23-15-20(2,3)24-11-7-6-8-12-24;/h9-10,13H,6-8,11-12,14-15H2,1-5H3,(H2,21,22,23);1H. The van der Waals surface area contributed by atoms with Gasteiger partial charge in [0.1, 0.15) is 0 Å². The van der Waals surface area contributed by atoms with Crippen molar-refractivity contribution in [2.24, 2.45) is 4.99 Å². The van der Waals surface area contributed by atoms with Gasteiger partial charge in [0, 0.05) is 31.9 Å². The molecule has 0 aromatic heterocycles. The van der Waals surface area contributed by atoms with Gasteiger partial charge in [-0.15, -0.1) is 24.0 Å². The number of rotatable bonds is 6. The molecule has 1 aromatic rings. The molecule has 1 aliphatic rings. The van der Waals surface area contributed by atoms with Gasteiger partial charge >= 0.3 is 0 Å². The first-order valence-corrected chi connectivity index (χ1v) is 11.5. The number of sulfone groups is 1. The van der Waals surface area contributed by atoms with Crippen LogP contribution in [0, 0.1) is 6.92 Å². The van der Waals surface area contributed by atoms with Gasteiger partial charge in [-0.2, -0.15) is 0 Å². The van der Waals surface area contributed by atoms with E-state index < -0.39 is 9.84 Å². The summed E-state index contributed by atoms with van der Waals surface area (Å²) in [7, 11) is -1.42. The van der Waals surface area contributed by atoms with E-state index in [9.17, 15) is 8.42 Å². The van der Waals surface area contributed by atoms with Gasteiger partial charge in [-0.25, -0.2) is 8.42 Å². The van der Waals surface area contributed by atoms with E-state index in [1.165, 1.54) is 25.5 Å². The Labute approximate surface area is 187 Å². The van der Waals surface area contributed by atoms with Gasteiger partial charge in [0.05, 0.1) is 4.90 Å². The van der Waals surface area contributed by atoms with Crippen molar-refractivity contribution in [1.82, 2.24) is 15.5 Å². The maximum absolute atomic E-state index is 11.7. The molecule has 2 N–H and O–H groups in total. The van der Waals surface area contributed by atoms with Crippen molar-refractivity contribution in [2.45, 2.75) is 57.0 Å². The van der Waals surface area contributed by atoms with Gasteiger partial charge in [-0.05, 0) is 63.9 Å². The summed E-state index contributed by atoms with van der Waals surface area (Å²) in [5.74, 6) is 0.755. The Kier molecular flexibility index (Phi) is 9.69. The molecule has 1 saturated heterocycles. The summed E-state index contributed by atoms with van der Waals surface area (Å²) in [5.41, 5.74) is 1.87. The van der Waals surface area contributed by atoms with Crippen LogP contribution in [-0.2, 0) is 16.4 Å². The SMILES string of the molecule is CN=C(NCc1ccc(S(C)(=O)=O)c(C)c1)NCC(C)(C)N1CCCCC1.I. The molecule has 0 saturated carbocycles. The molecule has 1 heterocycles. The third-order valence-corrected chi connectivity index (χ3v) is 6.48. The minimum absolute atomic E-state index is 0. The lowest BCUT2D eigenvalue weighted by Gasteiger charge is -2.41. The molecule has 8 heteroatoms. The Hall–Kier alpha value is -0.870. The van der Waals surface area contributed by atoms with Crippen molar-refractivity contribution in [3.05, 3.63) is 29.3 Å². The van der Waals surface area contributed by atoms with Gasteiger partial charge in [0.25, 0.3) is 0 Å². The zero-order chi connectivity index (χ0) is 20.1. The van der Waals surface area contributed by atoms with Gasteiger partial charge in [0.15, 0.2) is 15.8 Å². The van der Waals surface area contributed by atoms with Crippen LogP contribution in [0.3, 0.4) is 0 Å². The van der Waals surface area contributed by atoms with E-state index in [-0.39, 0.29) is 29.5 Å². The average molecular weight is 522 g/mol. The summed E-state index contributed by atoms with van der Waals surface area (Å²) >= 11 is 0. The number of benzene rings is 1. The van der Waals surface area contributed by atoms with E-state index in [0.717, 1.165) is 36.7 Å². The molecule has 1 aromatic carbocycles. The quantitative estimate of drug-likeness (QED) is 0.342. The maximum Gasteiger partial charge on any atom is 0.191 e. The van der Waals surface area contributed by atoms with Crippen LogP contribution in [0.15, 0.2) is 28.1 Å². The fourth-order valence-corrected chi connectivity index (χ4v) is 4.51. The molecule has 2 rings (SSSR count). The number of aryl methyl sites for hydroxylation is 1. The molecule has 1 fully saturated rings. The van der Waals surface area contributed by atoms with Crippen LogP contribution in [0.25, 0.3) is 0 Å². The maximum atomic E-state index is 11.7. The lowest BCUT2D eigenvalue weighted by Crippen LogP contribution is -2.54. The number of hydrogen-bond donors (Lipinski definition) is 2. The lowest BCUT2D eigenvalue weighted by molar-refractivity contribution is 0.0982. The van der Waals surface area contributed by atoms with E-state index in [4.69, 9.17) is 0 Å². The van der Waals surface area contributed by atoms with Crippen molar-refractivity contribution in [2.75, 3.05) is 32.9 Å². The zero-order valence-corrected chi connectivity index (χ0v) is 20.9. The Morgan fingerprint density at radius 3 is 2.36 bits per heavy atom. The molecule has 28 heavy (non-hydrogen) atoms. The summed E-state index contributed by atoms with van der Waals surface area (Å²) in [6.45, 7) is 10.1. The predicted octanol–water partition coefficient (Wildman–Crippen LogP) is 2.95. The van der Waals surface area contributed by atoms with Crippen molar-refractivity contribution in [1.29, 1.82) is 0 Å². The van der Waals surface area contributed by atoms with E-state index in [1.54, 1.807) is 13.1 Å². The molecule has 6 nitrogen and oxygen atoms in total. The topological polar surface area (TPSA) is 73.8 Å². The normalized spacial score (nSPS) is 16.4. The van der Waals surface area contributed by atoms with E-state index in [1.807, 2.05) is 19.1 Å². The van der Waals surface area contributed by atoms with Crippen LogP contribution >= 0.6 is 24.0 Å². The number of nitrogens with one attached hydrogen (secondary N) is 2. The summed E-state index contributed by atoms with van der Waals surface area (Å²) in [6.07, 6.45) is 5.13. The number of piperidine rings is 1.